The highest BCUT2D eigenvalue weighted by molar-refractivity contribution is 7.16. The van der Waals surface area contributed by atoms with Crippen molar-refractivity contribution >= 4 is 17.0 Å². The summed E-state index contributed by atoms with van der Waals surface area (Å²) in [5.41, 5.74) is 4.18. The second kappa shape index (κ2) is 9.84. The highest BCUT2D eigenvalue weighted by atomic mass is 32.1. The fourth-order valence-corrected chi connectivity index (χ4v) is 5.02. The van der Waals surface area contributed by atoms with E-state index in [9.17, 15) is 5.26 Å². The monoisotopic (exact) mass is 433 g/mol. The molecule has 1 aliphatic rings. The van der Waals surface area contributed by atoms with Crippen LogP contribution in [0.25, 0.3) is 10.4 Å². The quantitative estimate of drug-likeness (QED) is 0.489. The first-order chi connectivity index (χ1) is 15.2. The van der Waals surface area contributed by atoms with Crippen molar-refractivity contribution in [3.05, 3.63) is 59.8 Å². The van der Waals surface area contributed by atoms with Crippen molar-refractivity contribution in [3.8, 4) is 27.5 Å². The Balaban J connectivity index is 1.32. The molecule has 160 valence electrons. The minimum atomic E-state index is 0.527. The fraction of sp³-hybridized carbons (Fsp3) is 0.360. The molecule has 4 rings (SSSR count). The lowest BCUT2D eigenvalue weighted by Crippen LogP contribution is -2.20. The zero-order valence-corrected chi connectivity index (χ0v) is 18.7. The van der Waals surface area contributed by atoms with E-state index in [1.807, 2.05) is 18.3 Å². The lowest BCUT2D eigenvalue weighted by molar-refractivity contribution is 0.338. The van der Waals surface area contributed by atoms with Crippen LogP contribution in [0.3, 0.4) is 0 Å². The van der Waals surface area contributed by atoms with E-state index < -0.39 is 0 Å². The Labute approximate surface area is 187 Å². The predicted octanol–water partition coefficient (Wildman–Crippen LogP) is 6.08. The number of thiazole rings is 1. The van der Waals surface area contributed by atoms with E-state index in [0.29, 0.717) is 28.3 Å². The van der Waals surface area contributed by atoms with Crippen LogP contribution in [-0.2, 0) is 0 Å². The molecule has 1 N–H and O–H groups in total. The van der Waals surface area contributed by atoms with Crippen LogP contribution in [0.4, 0.5) is 5.69 Å². The molecule has 0 saturated heterocycles. The van der Waals surface area contributed by atoms with Gasteiger partial charge < -0.3 is 14.8 Å². The molecule has 0 atom stereocenters. The lowest BCUT2D eigenvalue weighted by atomic mass is 9.78. The van der Waals surface area contributed by atoms with Gasteiger partial charge in [0.2, 0.25) is 0 Å². The Morgan fingerprint density at radius 3 is 2.65 bits per heavy atom. The molecule has 5 nitrogen and oxygen atoms in total. The van der Waals surface area contributed by atoms with E-state index in [1.54, 1.807) is 25.6 Å². The van der Waals surface area contributed by atoms with E-state index in [4.69, 9.17) is 9.47 Å². The molecular formula is C25H27N3O2S. The number of anilines is 1. The Morgan fingerprint density at radius 2 is 1.94 bits per heavy atom. The third kappa shape index (κ3) is 5.00. The van der Waals surface area contributed by atoms with Gasteiger partial charge in [-0.1, -0.05) is 29.5 Å². The molecule has 1 fully saturated rings. The molecule has 0 unspecified atom stereocenters. The van der Waals surface area contributed by atoms with E-state index in [0.717, 1.165) is 35.5 Å². The van der Waals surface area contributed by atoms with Gasteiger partial charge in [-0.05, 0) is 72.9 Å². The van der Waals surface area contributed by atoms with E-state index >= 15 is 0 Å². The molecule has 0 aliphatic heterocycles. The number of aromatic nitrogens is 1. The number of nitrogens with zero attached hydrogens (tertiary/aromatic N) is 2. The summed E-state index contributed by atoms with van der Waals surface area (Å²) in [6, 6.07) is 16.8. The number of nitrogens with one attached hydrogen (secondary N) is 1. The smallest absolute Gasteiger partial charge is 0.273 e. The number of nitriles is 1. The summed E-state index contributed by atoms with van der Waals surface area (Å²) in [6.45, 7) is 0.980. The van der Waals surface area contributed by atoms with Gasteiger partial charge in [-0.3, -0.25) is 0 Å². The highest BCUT2D eigenvalue weighted by Gasteiger charge is 2.23. The summed E-state index contributed by atoms with van der Waals surface area (Å²) in [4.78, 5) is 5.37. The van der Waals surface area contributed by atoms with Gasteiger partial charge in [0.25, 0.3) is 5.19 Å². The number of hydrogen-bond donors (Lipinski definition) is 1. The number of benzene rings is 2. The van der Waals surface area contributed by atoms with Crippen LogP contribution >= 0.6 is 11.3 Å². The van der Waals surface area contributed by atoms with Crippen LogP contribution in [0.1, 0.15) is 42.7 Å². The van der Waals surface area contributed by atoms with Gasteiger partial charge in [-0.2, -0.15) is 5.26 Å². The first-order valence-electron chi connectivity index (χ1n) is 10.6. The van der Waals surface area contributed by atoms with E-state index in [-0.39, 0.29) is 0 Å². The summed E-state index contributed by atoms with van der Waals surface area (Å²) in [5, 5.41) is 13.7. The van der Waals surface area contributed by atoms with Crippen LogP contribution < -0.4 is 14.8 Å². The predicted molar refractivity (Wildman–Crippen MR) is 125 cm³/mol. The normalized spacial score (nSPS) is 18.2. The maximum atomic E-state index is 9.35. The Bertz CT molecular complexity index is 1060. The zero-order valence-electron chi connectivity index (χ0n) is 17.9. The van der Waals surface area contributed by atoms with Gasteiger partial charge >= 0.3 is 0 Å². The number of methoxy groups -OCH3 is 2. The number of ether oxygens (including phenoxy) is 2. The van der Waals surface area contributed by atoms with Crippen LogP contribution in [0, 0.1) is 17.2 Å². The minimum Gasteiger partial charge on any atom is -0.495 e. The Morgan fingerprint density at radius 1 is 1.10 bits per heavy atom. The van der Waals surface area contributed by atoms with Gasteiger partial charge in [0, 0.05) is 18.4 Å². The average molecular weight is 434 g/mol. The van der Waals surface area contributed by atoms with E-state index in [2.05, 4.69) is 46.7 Å². The molecule has 2 aromatic carbocycles. The number of hydrogen-bond acceptors (Lipinski definition) is 6. The molecular weight excluding hydrogens is 406 g/mol. The standard InChI is InChI=1S/C25H27N3O2S/c1-29-23-11-10-19(12-21(23)14-26)18-8-6-17(7-9-18)15-27-22-5-3-4-20(13-22)24-16-28-25(30-2)31-24/h3-5,10-13,16-18,27H,6-9,15H2,1-2H3/t17-,18-. The average Bonchev–Trinajstić information content (AvgIpc) is 3.32. The van der Waals surface area contributed by atoms with Crippen molar-refractivity contribution in [1.82, 2.24) is 4.98 Å². The zero-order chi connectivity index (χ0) is 21.6. The van der Waals surface area contributed by atoms with Crippen molar-refractivity contribution in [3.63, 3.8) is 0 Å². The lowest BCUT2D eigenvalue weighted by Gasteiger charge is -2.29. The molecule has 0 bridgehead atoms. The molecule has 1 saturated carbocycles. The van der Waals surface area contributed by atoms with Gasteiger partial charge in [0.05, 0.1) is 24.7 Å². The molecule has 6 heteroatoms. The molecule has 31 heavy (non-hydrogen) atoms. The fourth-order valence-electron chi connectivity index (χ4n) is 4.30. The molecule has 3 aromatic rings. The van der Waals surface area contributed by atoms with Gasteiger partial charge in [0.1, 0.15) is 11.8 Å². The molecule has 1 aliphatic carbocycles. The third-order valence-corrected chi connectivity index (χ3v) is 7.07. The molecule has 1 aromatic heterocycles. The second-order valence-corrected chi connectivity index (χ2v) is 8.94. The highest BCUT2D eigenvalue weighted by Crippen LogP contribution is 2.37. The first-order valence-corrected chi connectivity index (χ1v) is 11.4. The second-order valence-electron chi connectivity index (χ2n) is 7.95. The third-order valence-electron chi connectivity index (χ3n) is 6.06. The maximum absolute atomic E-state index is 9.35. The van der Waals surface area contributed by atoms with Crippen molar-refractivity contribution in [2.75, 3.05) is 26.1 Å². The molecule has 0 amide bonds. The van der Waals surface area contributed by atoms with Crippen LogP contribution in [-0.4, -0.2) is 25.7 Å². The summed E-state index contributed by atoms with van der Waals surface area (Å²) in [7, 11) is 3.25. The van der Waals surface area contributed by atoms with Crippen molar-refractivity contribution in [2.24, 2.45) is 5.92 Å². The van der Waals surface area contributed by atoms with Crippen molar-refractivity contribution in [2.45, 2.75) is 31.6 Å². The van der Waals surface area contributed by atoms with Crippen LogP contribution in [0.2, 0.25) is 0 Å². The summed E-state index contributed by atoms with van der Waals surface area (Å²) >= 11 is 1.55. The summed E-state index contributed by atoms with van der Waals surface area (Å²) in [5.74, 6) is 1.85. The Hall–Kier alpha value is -3.04. The Kier molecular flexibility index (Phi) is 6.73. The van der Waals surface area contributed by atoms with Crippen molar-refractivity contribution < 1.29 is 9.47 Å². The summed E-state index contributed by atoms with van der Waals surface area (Å²) < 4.78 is 10.5. The van der Waals surface area contributed by atoms with Gasteiger partial charge in [0.15, 0.2) is 0 Å². The largest absolute Gasteiger partial charge is 0.495 e. The maximum Gasteiger partial charge on any atom is 0.273 e. The molecule has 0 spiro atoms. The van der Waals surface area contributed by atoms with E-state index in [1.165, 1.54) is 18.4 Å². The van der Waals surface area contributed by atoms with Gasteiger partial charge in [-0.15, -0.1) is 0 Å². The first kappa shape index (κ1) is 21.2. The molecule has 1 heterocycles. The van der Waals surface area contributed by atoms with Crippen LogP contribution in [0.5, 0.6) is 10.9 Å². The summed E-state index contributed by atoms with van der Waals surface area (Å²) in [6.07, 6.45) is 6.56. The number of rotatable bonds is 7. The molecule has 0 radical (unpaired) electrons. The topological polar surface area (TPSA) is 67.2 Å². The van der Waals surface area contributed by atoms with Crippen molar-refractivity contribution in [1.29, 1.82) is 5.26 Å². The van der Waals surface area contributed by atoms with Gasteiger partial charge in [-0.25, -0.2) is 4.98 Å². The SMILES string of the molecule is COc1ncc(-c2cccc(NC[C@H]3CC[C@H](c4ccc(OC)c(C#N)c4)CC3)c2)s1. The minimum absolute atomic E-state index is 0.527. The van der Waals surface area contributed by atoms with Crippen LogP contribution in [0.15, 0.2) is 48.7 Å².